The van der Waals surface area contributed by atoms with Crippen LogP contribution in [0.2, 0.25) is 0 Å². The molecule has 30 heavy (non-hydrogen) atoms. The van der Waals surface area contributed by atoms with Crippen LogP contribution in [0.25, 0.3) is 0 Å². The van der Waals surface area contributed by atoms with E-state index in [1.54, 1.807) is 39.0 Å². The Bertz CT molecular complexity index is 790. The molecule has 1 fully saturated rings. The molecule has 0 amide bonds. The van der Waals surface area contributed by atoms with Crippen LogP contribution in [-0.2, 0) is 9.84 Å². The van der Waals surface area contributed by atoms with Gasteiger partial charge in [0, 0.05) is 18.8 Å². The van der Waals surface area contributed by atoms with Crippen molar-refractivity contribution in [1.29, 1.82) is 0 Å². The number of anilines is 1. The minimum atomic E-state index is -3.03. The molecule has 0 unspecified atom stereocenters. The number of carboxylic acids is 1. The highest BCUT2D eigenvalue weighted by Gasteiger charge is 2.33. The number of carbonyl (C=O) groups is 1. The van der Waals surface area contributed by atoms with Crippen LogP contribution in [0.1, 0.15) is 83.0 Å². The molecule has 1 aromatic carbocycles. The van der Waals surface area contributed by atoms with Crippen molar-refractivity contribution in [3.05, 3.63) is 29.8 Å². The summed E-state index contributed by atoms with van der Waals surface area (Å²) in [6.07, 6.45) is 7.79. The largest absolute Gasteiger partial charge is 0.478 e. The molecule has 1 aromatic rings. The quantitative estimate of drug-likeness (QED) is 0.496. The lowest BCUT2D eigenvalue weighted by Gasteiger charge is -2.30. The first kappa shape index (κ1) is 24.7. The fourth-order valence-electron chi connectivity index (χ4n) is 4.29. The van der Waals surface area contributed by atoms with Crippen LogP contribution in [0.3, 0.4) is 0 Å². The molecule has 0 aromatic heterocycles. The number of carboxylic acid groups (broad SMARTS) is 1. The third-order valence-corrected chi connectivity index (χ3v) is 9.26. The number of benzene rings is 1. The summed E-state index contributed by atoms with van der Waals surface area (Å²) in [6, 6.07) is 7.16. The fourth-order valence-corrected chi connectivity index (χ4v) is 5.74. The molecule has 170 valence electrons. The Morgan fingerprint density at radius 3 is 2.30 bits per heavy atom. The minimum absolute atomic E-state index is 0.322. The van der Waals surface area contributed by atoms with E-state index in [0.717, 1.165) is 57.3 Å². The monoisotopic (exact) mass is 437 g/mol. The van der Waals surface area contributed by atoms with Gasteiger partial charge in [0.25, 0.3) is 0 Å². The molecule has 1 aliphatic rings. The number of unbranched alkanes of at least 4 members (excludes halogenated alkanes) is 1. The van der Waals surface area contributed by atoms with Crippen LogP contribution in [0.5, 0.6) is 0 Å². The molecular weight excluding hydrogens is 398 g/mol. The summed E-state index contributed by atoms with van der Waals surface area (Å²) < 4.78 is 24.2. The van der Waals surface area contributed by atoms with E-state index in [1.807, 2.05) is 6.07 Å². The number of rotatable bonds is 10. The van der Waals surface area contributed by atoms with Gasteiger partial charge in [-0.2, -0.15) is 0 Å². The average Bonchev–Trinajstić information content (AvgIpc) is 2.68. The maximum atomic E-state index is 12.4. The van der Waals surface area contributed by atoms with Gasteiger partial charge in [0.05, 0.1) is 16.1 Å². The zero-order chi connectivity index (χ0) is 22.4. The standard InChI is InChI=1S/C24H39NO4S/c1-5-25(22-11-8-10-21(17-22)23(26)27)16-7-6-9-19-12-14-20(15-13-19)18-30(28,29)24(2,3)4/h8,10-11,17,19-20H,5-7,9,12-16,18H2,1-4H3,(H,26,27). The second kappa shape index (κ2) is 10.7. The number of hydrogen-bond acceptors (Lipinski definition) is 4. The van der Waals surface area contributed by atoms with Crippen molar-refractivity contribution >= 4 is 21.5 Å². The Hall–Kier alpha value is -1.56. The SMILES string of the molecule is CCN(CCCCC1CCC(CS(=O)(=O)C(C)(C)C)CC1)c1cccc(C(=O)O)c1. The number of hydrogen-bond donors (Lipinski definition) is 1. The van der Waals surface area contributed by atoms with Gasteiger partial charge in [-0.05, 0) is 77.0 Å². The van der Waals surface area contributed by atoms with Gasteiger partial charge >= 0.3 is 5.97 Å². The Morgan fingerprint density at radius 2 is 1.73 bits per heavy atom. The first-order valence-corrected chi connectivity index (χ1v) is 13.0. The van der Waals surface area contributed by atoms with E-state index >= 15 is 0 Å². The van der Waals surface area contributed by atoms with Crippen molar-refractivity contribution in [3.63, 3.8) is 0 Å². The second-order valence-electron chi connectivity index (χ2n) is 9.71. The highest BCUT2D eigenvalue weighted by atomic mass is 32.2. The molecule has 0 aliphatic heterocycles. The smallest absolute Gasteiger partial charge is 0.335 e. The topological polar surface area (TPSA) is 74.7 Å². The molecular formula is C24H39NO4S. The molecule has 6 heteroatoms. The summed E-state index contributed by atoms with van der Waals surface area (Å²) in [5.74, 6) is 0.481. The van der Waals surface area contributed by atoms with Gasteiger partial charge in [-0.25, -0.2) is 13.2 Å². The third-order valence-electron chi connectivity index (χ3n) is 6.48. The highest BCUT2D eigenvalue weighted by molar-refractivity contribution is 7.92. The molecule has 0 atom stereocenters. The zero-order valence-electron chi connectivity index (χ0n) is 19.1. The predicted molar refractivity (Wildman–Crippen MR) is 124 cm³/mol. The van der Waals surface area contributed by atoms with E-state index in [1.165, 1.54) is 6.42 Å². The third kappa shape index (κ3) is 7.00. The maximum absolute atomic E-state index is 12.4. The fraction of sp³-hybridized carbons (Fsp3) is 0.708. The molecule has 1 aliphatic carbocycles. The van der Waals surface area contributed by atoms with E-state index in [9.17, 15) is 18.3 Å². The summed E-state index contributed by atoms with van der Waals surface area (Å²) in [7, 11) is -3.03. The van der Waals surface area contributed by atoms with Crippen molar-refractivity contribution in [2.24, 2.45) is 11.8 Å². The number of aromatic carboxylic acids is 1. The highest BCUT2D eigenvalue weighted by Crippen LogP contribution is 2.34. The summed E-state index contributed by atoms with van der Waals surface area (Å²) in [4.78, 5) is 13.4. The molecule has 5 nitrogen and oxygen atoms in total. The van der Waals surface area contributed by atoms with Crippen LogP contribution in [0, 0.1) is 11.8 Å². The molecule has 0 saturated heterocycles. The summed E-state index contributed by atoms with van der Waals surface area (Å²) in [5, 5.41) is 9.19. The van der Waals surface area contributed by atoms with E-state index in [0.29, 0.717) is 23.2 Å². The number of nitrogens with zero attached hydrogens (tertiary/aromatic N) is 1. The van der Waals surface area contributed by atoms with Gasteiger partial charge in [0.1, 0.15) is 0 Å². The lowest BCUT2D eigenvalue weighted by Crippen LogP contribution is -2.34. The van der Waals surface area contributed by atoms with Crippen molar-refractivity contribution < 1.29 is 18.3 Å². The molecule has 0 radical (unpaired) electrons. The van der Waals surface area contributed by atoms with E-state index in [2.05, 4.69) is 11.8 Å². The lowest BCUT2D eigenvalue weighted by atomic mass is 9.80. The summed E-state index contributed by atoms with van der Waals surface area (Å²) >= 11 is 0. The van der Waals surface area contributed by atoms with Crippen LogP contribution in [-0.4, -0.2) is 43.1 Å². The van der Waals surface area contributed by atoms with Crippen molar-refractivity contribution in [2.45, 2.75) is 77.4 Å². The minimum Gasteiger partial charge on any atom is -0.478 e. The average molecular weight is 438 g/mol. The van der Waals surface area contributed by atoms with Gasteiger partial charge in [-0.3, -0.25) is 0 Å². The lowest BCUT2D eigenvalue weighted by molar-refractivity contribution is 0.0697. The Labute approximate surface area is 182 Å². The van der Waals surface area contributed by atoms with E-state index in [-0.39, 0.29) is 0 Å². The van der Waals surface area contributed by atoms with Gasteiger partial charge < -0.3 is 10.0 Å². The molecule has 0 bridgehead atoms. The van der Waals surface area contributed by atoms with E-state index in [4.69, 9.17) is 0 Å². The normalized spacial score (nSPS) is 20.1. The molecule has 0 heterocycles. The molecule has 1 N–H and O–H groups in total. The van der Waals surface area contributed by atoms with Crippen LogP contribution in [0.15, 0.2) is 24.3 Å². The molecule has 2 rings (SSSR count). The first-order valence-electron chi connectivity index (χ1n) is 11.3. The van der Waals surface area contributed by atoms with Crippen molar-refractivity contribution in [1.82, 2.24) is 0 Å². The Balaban J connectivity index is 1.72. The Kier molecular flexibility index (Phi) is 8.77. The number of sulfone groups is 1. The van der Waals surface area contributed by atoms with Gasteiger partial charge in [-0.1, -0.05) is 31.7 Å². The van der Waals surface area contributed by atoms with Gasteiger partial charge in [0.2, 0.25) is 0 Å². The second-order valence-corrected chi connectivity index (χ2v) is 12.5. The molecule has 0 spiro atoms. The molecule has 1 saturated carbocycles. The van der Waals surface area contributed by atoms with Crippen LogP contribution < -0.4 is 4.90 Å². The van der Waals surface area contributed by atoms with Crippen molar-refractivity contribution in [2.75, 3.05) is 23.7 Å². The van der Waals surface area contributed by atoms with Gasteiger partial charge in [0.15, 0.2) is 9.84 Å². The predicted octanol–water partition coefficient (Wildman–Crippen LogP) is 5.40. The maximum Gasteiger partial charge on any atom is 0.335 e. The van der Waals surface area contributed by atoms with Crippen LogP contribution >= 0.6 is 0 Å². The zero-order valence-corrected chi connectivity index (χ0v) is 19.9. The van der Waals surface area contributed by atoms with Gasteiger partial charge in [-0.15, -0.1) is 0 Å². The Morgan fingerprint density at radius 1 is 1.10 bits per heavy atom. The first-order chi connectivity index (χ1) is 14.0. The summed E-state index contributed by atoms with van der Waals surface area (Å²) in [6.45, 7) is 9.28. The van der Waals surface area contributed by atoms with Crippen molar-refractivity contribution in [3.8, 4) is 0 Å². The summed E-state index contributed by atoms with van der Waals surface area (Å²) in [5.41, 5.74) is 1.30. The van der Waals surface area contributed by atoms with Crippen LogP contribution in [0.4, 0.5) is 5.69 Å². The van der Waals surface area contributed by atoms with E-state index < -0.39 is 20.6 Å².